The summed E-state index contributed by atoms with van der Waals surface area (Å²) < 4.78 is 1.14. The zero-order valence-corrected chi connectivity index (χ0v) is 16.4. The molecule has 0 fully saturated rings. The number of carbonyl (C=O) groups is 2. The SMILES string of the molecule is CCC(C(=O)Nc1cccc(C(C)=O)c1)n1nnc2sc(C)c(C)c2c1=O. The standard InChI is InChI=1S/C19H20N4O3S/c1-5-15(17(25)20-14-8-6-7-13(9-14)11(3)24)23-19(26)16-10(2)12(4)27-18(16)21-22-23/h6-9,15H,5H2,1-4H3,(H,20,25). The van der Waals surface area contributed by atoms with Gasteiger partial charge in [0.05, 0.1) is 5.39 Å². The lowest BCUT2D eigenvalue weighted by Gasteiger charge is -2.16. The van der Waals surface area contributed by atoms with Gasteiger partial charge in [0, 0.05) is 16.1 Å². The minimum absolute atomic E-state index is 0.0889. The molecule has 2 heterocycles. The van der Waals surface area contributed by atoms with E-state index in [-0.39, 0.29) is 17.2 Å². The number of nitrogens with zero attached hydrogens (tertiary/aromatic N) is 3. The zero-order chi connectivity index (χ0) is 19.7. The zero-order valence-electron chi connectivity index (χ0n) is 15.6. The highest BCUT2D eigenvalue weighted by Gasteiger charge is 2.24. The van der Waals surface area contributed by atoms with Crippen LogP contribution in [0.1, 0.15) is 47.1 Å². The van der Waals surface area contributed by atoms with Gasteiger partial charge < -0.3 is 5.32 Å². The largest absolute Gasteiger partial charge is 0.324 e. The number of benzene rings is 1. The molecule has 1 atom stereocenters. The number of anilines is 1. The van der Waals surface area contributed by atoms with Crippen LogP contribution in [0.4, 0.5) is 5.69 Å². The first kappa shape index (κ1) is 18.9. The molecule has 8 heteroatoms. The lowest BCUT2D eigenvalue weighted by Crippen LogP contribution is -2.35. The number of fused-ring (bicyclic) bond motifs is 1. The van der Waals surface area contributed by atoms with Crippen molar-refractivity contribution >= 4 is 38.9 Å². The predicted octanol–water partition coefficient (Wildman–Crippen LogP) is 3.26. The van der Waals surface area contributed by atoms with Crippen molar-refractivity contribution in [2.45, 2.75) is 40.2 Å². The normalized spacial score (nSPS) is 12.1. The lowest BCUT2D eigenvalue weighted by molar-refractivity contribution is -0.119. The van der Waals surface area contributed by atoms with Gasteiger partial charge >= 0.3 is 0 Å². The highest BCUT2D eigenvalue weighted by Crippen LogP contribution is 2.25. The van der Waals surface area contributed by atoms with E-state index in [9.17, 15) is 14.4 Å². The number of aromatic nitrogens is 3. The van der Waals surface area contributed by atoms with Crippen molar-refractivity contribution in [3.05, 3.63) is 50.6 Å². The molecule has 0 saturated heterocycles. The summed E-state index contributed by atoms with van der Waals surface area (Å²) in [6, 6.07) is 5.89. The maximum absolute atomic E-state index is 12.9. The van der Waals surface area contributed by atoms with Gasteiger partial charge in [-0.25, -0.2) is 0 Å². The van der Waals surface area contributed by atoms with Crippen LogP contribution >= 0.6 is 11.3 Å². The number of nitrogens with one attached hydrogen (secondary N) is 1. The van der Waals surface area contributed by atoms with Gasteiger partial charge in [0.2, 0.25) is 5.91 Å². The Bertz CT molecular complexity index is 1100. The molecule has 3 rings (SSSR count). The van der Waals surface area contributed by atoms with Crippen LogP contribution in [0.5, 0.6) is 0 Å². The monoisotopic (exact) mass is 384 g/mol. The van der Waals surface area contributed by atoms with E-state index >= 15 is 0 Å². The number of Topliss-reactive ketones (excluding diaryl/α,β-unsaturated/α-hetero) is 1. The molecule has 0 aliphatic rings. The smallest absolute Gasteiger partial charge is 0.279 e. The fourth-order valence-corrected chi connectivity index (χ4v) is 3.86. The van der Waals surface area contributed by atoms with E-state index in [1.54, 1.807) is 31.2 Å². The summed E-state index contributed by atoms with van der Waals surface area (Å²) in [5.74, 6) is -0.465. The van der Waals surface area contributed by atoms with Gasteiger partial charge in [-0.1, -0.05) is 24.3 Å². The Morgan fingerprint density at radius 2 is 2.04 bits per heavy atom. The van der Waals surface area contributed by atoms with Crippen molar-refractivity contribution in [1.82, 2.24) is 15.0 Å². The topological polar surface area (TPSA) is 93.9 Å². The van der Waals surface area contributed by atoms with Crippen LogP contribution < -0.4 is 10.9 Å². The fourth-order valence-electron chi connectivity index (χ4n) is 2.89. The Balaban J connectivity index is 1.96. The van der Waals surface area contributed by atoms with Crippen molar-refractivity contribution in [1.29, 1.82) is 0 Å². The first-order valence-electron chi connectivity index (χ1n) is 8.60. The van der Waals surface area contributed by atoms with Gasteiger partial charge in [0.25, 0.3) is 5.56 Å². The summed E-state index contributed by atoms with van der Waals surface area (Å²) in [6.07, 6.45) is 0.375. The maximum Gasteiger partial charge on any atom is 0.279 e. The van der Waals surface area contributed by atoms with Crippen molar-refractivity contribution < 1.29 is 9.59 Å². The number of carbonyl (C=O) groups excluding carboxylic acids is 2. The molecule has 3 aromatic rings. The molecule has 0 aliphatic carbocycles. The second-order valence-electron chi connectivity index (χ2n) is 6.35. The number of aryl methyl sites for hydroxylation is 2. The van der Waals surface area contributed by atoms with E-state index in [1.807, 2.05) is 13.8 Å². The maximum atomic E-state index is 12.9. The van der Waals surface area contributed by atoms with E-state index in [4.69, 9.17) is 0 Å². The van der Waals surface area contributed by atoms with E-state index in [0.29, 0.717) is 27.9 Å². The Hall–Kier alpha value is -2.87. The molecule has 1 aromatic carbocycles. The highest BCUT2D eigenvalue weighted by molar-refractivity contribution is 7.18. The van der Waals surface area contributed by atoms with Gasteiger partial charge in [-0.2, -0.15) is 4.68 Å². The third-order valence-corrected chi connectivity index (χ3v) is 5.63. The van der Waals surface area contributed by atoms with E-state index in [2.05, 4.69) is 15.6 Å². The Kier molecular flexibility index (Phi) is 5.18. The minimum Gasteiger partial charge on any atom is -0.324 e. The first-order valence-corrected chi connectivity index (χ1v) is 9.42. The van der Waals surface area contributed by atoms with Crippen LogP contribution in [0.2, 0.25) is 0 Å². The molecule has 0 aliphatic heterocycles. The summed E-state index contributed by atoms with van der Waals surface area (Å²) in [5, 5.41) is 11.4. The molecular weight excluding hydrogens is 364 g/mol. The molecule has 27 heavy (non-hydrogen) atoms. The van der Waals surface area contributed by atoms with Crippen molar-refractivity contribution in [2.24, 2.45) is 0 Å². The van der Waals surface area contributed by atoms with Gasteiger partial charge in [-0.3, -0.25) is 14.4 Å². The first-order chi connectivity index (χ1) is 12.8. The van der Waals surface area contributed by atoms with Crippen LogP contribution in [0.15, 0.2) is 29.1 Å². The van der Waals surface area contributed by atoms with Crippen LogP contribution in [0.25, 0.3) is 10.2 Å². The van der Waals surface area contributed by atoms with Crippen LogP contribution in [-0.2, 0) is 4.79 Å². The van der Waals surface area contributed by atoms with E-state index in [0.717, 1.165) is 15.1 Å². The summed E-state index contributed by atoms with van der Waals surface area (Å²) >= 11 is 1.42. The molecule has 2 aromatic heterocycles. The Labute approximate surface area is 160 Å². The second kappa shape index (κ2) is 7.40. The number of ketones is 1. The third-order valence-electron chi connectivity index (χ3n) is 4.54. The highest BCUT2D eigenvalue weighted by atomic mass is 32.1. The summed E-state index contributed by atoms with van der Waals surface area (Å²) in [4.78, 5) is 38.8. The number of amides is 1. The molecular formula is C19H20N4O3S. The lowest BCUT2D eigenvalue weighted by atomic mass is 10.1. The number of thiophene rings is 1. The fraction of sp³-hybridized carbons (Fsp3) is 0.316. The number of rotatable bonds is 5. The van der Waals surface area contributed by atoms with Gasteiger partial charge in [-0.05, 0) is 44.9 Å². The number of hydrogen-bond donors (Lipinski definition) is 1. The molecule has 1 N–H and O–H groups in total. The Morgan fingerprint density at radius 1 is 1.30 bits per heavy atom. The summed E-state index contributed by atoms with van der Waals surface area (Å²) in [6.45, 7) is 7.07. The van der Waals surface area contributed by atoms with Gasteiger partial charge in [0.15, 0.2) is 10.6 Å². The summed E-state index contributed by atoms with van der Waals surface area (Å²) in [5.41, 5.74) is 1.55. The van der Waals surface area contributed by atoms with Gasteiger partial charge in [-0.15, -0.1) is 16.4 Å². The molecule has 140 valence electrons. The van der Waals surface area contributed by atoms with Crippen LogP contribution in [-0.4, -0.2) is 26.7 Å². The predicted molar refractivity (Wildman–Crippen MR) is 106 cm³/mol. The van der Waals surface area contributed by atoms with Gasteiger partial charge in [0.1, 0.15) is 6.04 Å². The molecule has 0 saturated carbocycles. The van der Waals surface area contributed by atoms with E-state index in [1.165, 1.54) is 18.3 Å². The number of hydrogen-bond acceptors (Lipinski definition) is 6. The minimum atomic E-state index is -0.796. The quantitative estimate of drug-likeness (QED) is 0.682. The molecule has 0 radical (unpaired) electrons. The summed E-state index contributed by atoms with van der Waals surface area (Å²) in [7, 11) is 0. The molecule has 0 bridgehead atoms. The van der Waals surface area contributed by atoms with Crippen LogP contribution in [0.3, 0.4) is 0 Å². The molecule has 1 amide bonds. The average molecular weight is 384 g/mol. The molecule has 1 unspecified atom stereocenters. The molecule has 7 nitrogen and oxygen atoms in total. The average Bonchev–Trinajstić information content (AvgIpc) is 2.92. The van der Waals surface area contributed by atoms with Crippen molar-refractivity contribution in [3.63, 3.8) is 0 Å². The van der Waals surface area contributed by atoms with Crippen molar-refractivity contribution in [3.8, 4) is 0 Å². The van der Waals surface area contributed by atoms with Crippen molar-refractivity contribution in [2.75, 3.05) is 5.32 Å². The second-order valence-corrected chi connectivity index (χ2v) is 7.56. The third kappa shape index (κ3) is 3.52. The van der Waals surface area contributed by atoms with Crippen LogP contribution in [0, 0.1) is 13.8 Å². The van der Waals surface area contributed by atoms with E-state index < -0.39 is 6.04 Å². The Morgan fingerprint density at radius 3 is 2.70 bits per heavy atom. The molecule has 0 spiro atoms.